The number of ether oxygens (including phenoxy) is 2. The Morgan fingerprint density at radius 2 is 1.65 bits per heavy atom. The van der Waals surface area contributed by atoms with E-state index in [1.807, 2.05) is 0 Å². The van der Waals surface area contributed by atoms with Gasteiger partial charge in [0.25, 0.3) is 5.91 Å². The van der Waals surface area contributed by atoms with E-state index in [4.69, 9.17) is 13.9 Å². The van der Waals surface area contributed by atoms with Crippen molar-refractivity contribution in [2.75, 3.05) is 45.8 Å². The van der Waals surface area contributed by atoms with E-state index in [1.165, 1.54) is 42.8 Å². The van der Waals surface area contributed by atoms with Crippen LogP contribution in [0.2, 0.25) is 0 Å². The number of imide groups is 1. The van der Waals surface area contributed by atoms with Gasteiger partial charge < -0.3 is 13.9 Å². The van der Waals surface area contributed by atoms with Crippen LogP contribution in [-0.4, -0.2) is 86.1 Å². The van der Waals surface area contributed by atoms with Gasteiger partial charge in [-0.3, -0.25) is 24.6 Å². The molecule has 2 aromatic rings. The predicted molar refractivity (Wildman–Crippen MR) is 116 cm³/mol. The molecule has 2 heterocycles. The van der Waals surface area contributed by atoms with Crippen molar-refractivity contribution < 1.29 is 36.7 Å². The molecular formula is C20H25N5O8S. The quantitative estimate of drug-likeness (QED) is 0.404. The Bertz CT molecular complexity index is 1110. The number of carbonyl (C=O) groups excluding carboxylic acids is 3. The largest absolute Gasteiger partial charge is 0.406 e. The highest BCUT2D eigenvalue weighted by Crippen LogP contribution is 2.19. The average molecular weight is 496 g/mol. The number of amides is 3. The number of carbonyl (C=O) groups is 3. The van der Waals surface area contributed by atoms with Crippen molar-refractivity contribution in [1.82, 2.24) is 19.4 Å². The first-order valence-electron chi connectivity index (χ1n) is 10.3. The summed E-state index contributed by atoms with van der Waals surface area (Å²) >= 11 is 0. The molecule has 1 aliphatic heterocycles. The Balaban J connectivity index is 1.65. The fourth-order valence-electron chi connectivity index (χ4n) is 3.14. The molecule has 0 saturated carbocycles. The molecule has 13 nitrogen and oxygen atoms in total. The summed E-state index contributed by atoms with van der Waals surface area (Å²) in [5, 5.41) is 9.82. The third-order valence-corrected chi connectivity index (χ3v) is 6.89. The number of rotatable bonds is 12. The molecule has 0 spiro atoms. The fourth-order valence-corrected chi connectivity index (χ4v) is 4.55. The number of anilines is 1. The highest BCUT2D eigenvalue weighted by Gasteiger charge is 2.30. The Hall–Kier alpha value is -3.20. The van der Waals surface area contributed by atoms with Gasteiger partial charge in [0.05, 0.1) is 18.1 Å². The SMILES string of the molecule is COCCN(CCOC)S(=O)(=O)c1ccc(C(=O)Nc2nnc(CN3C(=O)CCC3=O)o2)cc1. The zero-order valence-electron chi connectivity index (χ0n) is 18.7. The molecule has 1 aromatic heterocycles. The standard InChI is InChI=1S/C20H25N5O8S/c1-31-11-9-24(10-12-32-2)34(29,30)15-5-3-14(4-6-15)19(28)21-20-23-22-16(33-20)13-25-17(26)7-8-18(25)27/h3-6H,7-13H2,1-2H3,(H,21,23,28). The zero-order valence-corrected chi connectivity index (χ0v) is 19.5. The van der Waals surface area contributed by atoms with Crippen LogP contribution in [0.4, 0.5) is 6.01 Å². The number of nitrogens with zero attached hydrogens (tertiary/aromatic N) is 4. The third-order valence-electron chi connectivity index (χ3n) is 4.98. The molecule has 1 saturated heterocycles. The lowest BCUT2D eigenvalue weighted by Crippen LogP contribution is -2.36. The molecule has 0 radical (unpaired) electrons. The van der Waals surface area contributed by atoms with E-state index in [9.17, 15) is 22.8 Å². The minimum atomic E-state index is -3.82. The van der Waals surface area contributed by atoms with Crippen LogP contribution in [0.25, 0.3) is 0 Å². The molecule has 34 heavy (non-hydrogen) atoms. The monoisotopic (exact) mass is 495 g/mol. The number of sulfonamides is 1. The third kappa shape index (κ3) is 6.02. The number of hydrogen-bond acceptors (Lipinski definition) is 10. The number of benzene rings is 1. The van der Waals surface area contributed by atoms with Gasteiger partial charge in [-0.15, -0.1) is 5.10 Å². The summed E-state index contributed by atoms with van der Waals surface area (Å²) in [6.07, 6.45) is 0.275. The molecule has 0 bridgehead atoms. The lowest BCUT2D eigenvalue weighted by atomic mass is 10.2. The first kappa shape index (κ1) is 25.4. The summed E-state index contributed by atoms with van der Waals surface area (Å²) in [4.78, 5) is 36.9. The fraction of sp³-hybridized carbons (Fsp3) is 0.450. The Morgan fingerprint density at radius 3 is 2.21 bits per heavy atom. The Labute approximate surface area is 196 Å². The second-order valence-corrected chi connectivity index (χ2v) is 9.18. The highest BCUT2D eigenvalue weighted by atomic mass is 32.2. The lowest BCUT2D eigenvalue weighted by molar-refractivity contribution is -0.139. The van der Waals surface area contributed by atoms with Crippen molar-refractivity contribution in [3.8, 4) is 0 Å². The van der Waals surface area contributed by atoms with Crippen LogP contribution in [0.5, 0.6) is 0 Å². The van der Waals surface area contributed by atoms with Crippen molar-refractivity contribution in [3.05, 3.63) is 35.7 Å². The summed E-state index contributed by atoms with van der Waals surface area (Å²) in [5.41, 5.74) is 0.156. The molecule has 0 aliphatic carbocycles. The molecule has 1 aromatic carbocycles. The molecule has 1 fully saturated rings. The van der Waals surface area contributed by atoms with E-state index in [0.717, 1.165) is 4.90 Å². The van der Waals surface area contributed by atoms with Crippen LogP contribution in [0.3, 0.4) is 0 Å². The van der Waals surface area contributed by atoms with Crippen LogP contribution in [0.1, 0.15) is 29.1 Å². The van der Waals surface area contributed by atoms with Gasteiger partial charge >= 0.3 is 6.01 Å². The Kier molecular flexibility index (Phi) is 8.44. The van der Waals surface area contributed by atoms with E-state index in [1.54, 1.807) is 0 Å². The minimum absolute atomic E-state index is 0.00690. The Morgan fingerprint density at radius 1 is 1.06 bits per heavy atom. The van der Waals surface area contributed by atoms with Crippen LogP contribution >= 0.6 is 0 Å². The van der Waals surface area contributed by atoms with Crippen LogP contribution in [-0.2, 0) is 35.6 Å². The van der Waals surface area contributed by atoms with Crippen LogP contribution in [0.15, 0.2) is 33.6 Å². The topological polar surface area (TPSA) is 161 Å². The smallest absolute Gasteiger partial charge is 0.322 e. The van der Waals surface area contributed by atoms with Crippen molar-refractivity contribution in [3.63, 3.8) is 0 Å². The van der Waals surface area contributed by atoms with Crippen molar-refractivity contribution in [2.24, 2.45) is 0 Å². The molecule has 14 heteroatoms. The molecule has 3 rings (SSSR count). The van der Waals surface area contributed by atoms with E-state index in [0.29, 0.717) is 0 Å². The number of aromatic nitrogens is 2. The van der Waals surface area contributed by atoms with Crippen LogP contribution in [0, 0.1) is 0 Å². The van der Waals surface area contributed by atoms with Crippen molar-refractivity contribution in [2.45, 2.75) is 24.3 Å². The number of likely N-dealkylation sites (tertiary alicyclic amines) is 1. The maximum Gasteiger partial charge on any atom is 0.322 e. The highest BCUT2D eigenvalue weighted by molar-refractivity contribution is 7.89. The number of methoxy groups -OCH3 is 2. The van der Waals surface area contributed by atoms with Gasteiger partial charge in [0.15, 0.2) is 0 Å². The predicted octanol–water partition coefficient (Wildman–Crippen LogP) is 0.254. The first-order valence-corrected chi connectivity index (χ1v) is 11.7. The molecule has 0 atom stereocenters. The van der Waals surface area contributed by atoms with Gasteiger partial charge in [0, 0.05) is 45.7 Å². The summed E-state index contributed by atoms with van der Waals surface area (Å²) in [6.45, 7) is 0.568. The van der Waals surface area contributed by atoms with E-state index in [2.05, 4.69) is 15.5 Å². The average Bonchev–Trinajstić information content (AvgIpc) is 3.40. The van der Waals surface area contributed by atoms with E-state index < -0.39 is 15.9 Å². The number of hydrogen-bond donors (Lipinski definition) is 1. The maximum atomic E-state index is 12.9. The van der Waals surface area contributed by atoms with Gasteiger partial charge in [-0.05, 0) is 24.3 Å². The first-order chi connectivity index (χ1) is 16.3. The second kappa shape index (κ2) is 11.3. The summed E-state index contributed by atoms with van der Waals surface area (Å²) in [5.74, 6) is -1.27. The van der Waals surface area contributed by atoms with E-state index in [-0.39, 0.29) is 79.9 Å². The minimum Gasteiger partial charge on any atom is -0.406 e. The molecule has 1 N–H and O–H groups in total. The van der Waals surface area contributed by atoms with Gasteiger partial charge in [-0.1, -0.05) is 5.10 Å². The number of nitrogens with one attached hydrogen (secondary N) is 1. The second-order valence-electron chi connectivity index (χ2n) is 7.24. The summed E-state index contributed by atoms with van der Waals surface area (Å²) < 4.78 is 42.4. The van der Waals surface area contributed by atoms with Gasteiger partial charge in [0.2, 0.25) is 27.7 Å². The molecule has 3 amide bonds. The van der Waals surface area contributed by atoms with Gasteiger partial charge in [0.1, 0.15) is 6.54 Å². The molecule has 184 valence electrons. The summed E-state index contributed by atoms with van der Waals surface area (Å²) in [7, 11) is -0.866. The van der Waals surface area contributed by atoms with Gasteiger partial charge in [-0.2, -0.15) is 4.31 Å². The van der Waals surface area contributed by atoms with E-state index >= 15 is 0 Å². The lowest BCUT2D eigenvalue weighted by Gasteiger charge is -2.21. The summed E-state index contributed by atoms with van der Waals surface area (Å²) in [6, 6.07) is 5.13. The van der Waals surface area contributed by atoms with Crippen molar-refractivity contribution in [1.29, 1.82) is 0 Å². The maximum absolute atomic E-state index is 12.9. The molecular weight excluding hydrogens is 470 g/mol. The molecule has 1 aliphatic rings. The normalized spacial score (nSPS) is 14.3. The zero-order chi connectivity index (χ0) is 24.7. The van der Waals surface area contributed by atoms with Crippen LogP contribution < -0.4 is 5.32 Å². The van der Waals surface area contributed by atoms with Gasteiger partial charge in [-0.25, -0.2) is 8.42 Å². The van der Waals surface area contributed by atoms with Crippen molar-refractivity contribution >= 4 is 33.8 Å². The molecule has 0 unspecified atom stereocenters.